The van der Waals surface area contributed by atoms with Crippen molar-refractivity contribution in [3.05, 3.63) is 35.9 Å². The lowest BCUT2D eigenvalue weighted by atomic mass is 10.2. The molecule has 0 amide bonds. The van der Waals surface area contributed by atoms with Gasteiger partial charge in [0.15, 0.2) is 0 Å². The zero-order valence-electron chi connectivity index (χ0n) is 8.87. The maximum absolute atomic E-state index is 12.7. The van der Waals surface area contributed by atoms with Crippen LogP contribution in [0.15, 0.2) is 30.3 Å². The fourth-order valence-corrected chi connectivity index (χ4v) is 2.20. The molecular weight excluding hydrogens is 215 g/mol. The average Bonchev–Trinajstić information content (AvgIpc) is 2.67. The van der Waals surface area contributed by atoms with E-state index in [1.807, 2.05) is 30.3 Å². The smallest absolute Gasteiger partial charge is 0.288 e. The highest BCUT2D eigenvalue weighted by Crippen LogP contribution is 2.33. The van der Waals surface area contributed by atoms with Gasteiger partial charge < -0.3 is 0 Å². The molecule has 0 saturated carbocycles. The first-order valence-corrected chi connectivity index (χ1v) is 5.42. The van der Waals surface area contributed by atoms with Gasteiger partial charge >= 0.3 is 6.18 Å². The summed E-state index contributed by atoms with van der Waals surface area (Å²) in [6, 6.07) is 8.06. The molecule has 1 unspecified atom stereocenters. The van der Waals surface area contributed by atoms with Crippen LogP contribution in [-0.4, -0.2) is 23.7 Å². The molecule has 1 atom stereocenters. The lowest BCUT2D eigenvalue weighted by molar-refractivity contribution is -0.177. The zero-order valence-corrected chi connectivity index (χ0v) is 8.87. The predicted octanol–water partition coefficient (Wildman–Crippen LogP) is 3.21. The molecule has 0 spiro atoms. The lowest BCUT2D eigenvalue weighted by Gasteiger charge is -2.26. The Morgan fingerprint density at radius 1 is 1.19 bits per heavy atom. The van der Waals surface area contributed by atoms with Gasteiger partial charge in [-0.3, -0.25) is 4.90 Å². The van der Waals surface area contributed by atoms with E-state index in [1.165, 1.54) is 4.90 Å². The molecule has 1 aromatic carbocycles. The molecule has 0 N–H and O–H groups in total. The molecular formula is C12H14F3N. The van der Waals surface area contributed by atoms with E-state index < -0.39 is 12.2 Å². The summed E-state index contributed by atoms with van der Waals surface area (Å²) in [6.45, 7) is 0.935. The van der Waals surface area contributed by atoms with E-state index in [0.717, 1.165) is 5.56 Å². The van der Waals surface area contributed by atoms with Crippen molar-refractivity contribution in [2.45, 2.75) is 31.6 Å². The predicted molar refractivity (Wildman–Crippen MR) is 55.9 cm³/mol. The Balaban J connectivity index is 2.05. The van der Waals surface area contributed by atoms with Crippen LogP contribution in [0.3, 0.4) is 0 Å². The highest BCUT2D eigenvalue weighted by molar-refractivity contribution is 5.15. The van der Waals surface area contributed by atoms with E-state index in [9.17, 15) is 13.2 Å². The SMILES string of the molecule is FC(F)(F)C1CCCN1Cc1ccccc1. The van der Waals surface area contributed by atoms with Crippen molar-refractivity contribution in [3.63, 3.8) is 0 Å². The summed E-state index contributed by atoms with van der Waals surface area (Å²) in [6.07, 6.45) is -3.22. The monoisotopic (exact) mass is 229 g/mol. The number of benzene rings is 1. The highest BCUT2D eigenvalue weighted by Gasteiger charge is 2.45. The van der Waals surface area contributed by atoms with Gasteiger partial charge in [0.05, 0.1) is 0 Å². The number of hydrogen-bond donors (Lipinski definition) is 0. The van der Waals surface area contributed by atoms with Crippen LogP contribution in [-0.2, 0) is 6.54 Å². The number of nitrogens with zero attached hydrogens (tertiary/aromatic N) is 1. The molecule has 4 heteroatoms. The molecule has 1 saturated heterocycles. The molecule has 1 aliphatic rings. The Hall–Kier alpha value is -1.03. The second-order valence-electron chi connectivity index (χ2n) is 4.16. The van der Waals surface area contributed by atoms with Crippen LogP contribution in [0, 0.1) is 0 Å². The number of rotatable bonds is 2. The second-order valence-corrected chi connectivity index (χ2v) is 4.16. The Morgan fingerprint density at radius 2 is 1.88 bits per heavy atom. The van der Waals surface area contributed by atoms with Crippen molar-refractivity contribution in [2.75, 3.05) is 6.54 Å². The first-order valence-electron chi connectivity index (χ1n) is 5.42. The first-order chi connectivity index (χ1) is 7.57. The topological polar surface area (TPSA) is 3.24 Å². The highest BCUT2D eigenvalue weighted by atomic mass is 19.4. The van der Waals surface area contributed by atoms with Crippen LogP contribution < -0.4 is 0 Å². The number of likely N-dealkylation sites (tertiary alicyclic amines) is 1. The van der Waals surface area contributed by atoms with Crippen molar-refractivity contribution in [3.8, 4) is 0 Å². The molecule has 0 bridgehead atoms. The van der Waals surface area contributed by atoms with E-state index in [4.69, 9.17) is 0 Å². The first kappa shape index (κ1) is 11.5. The van der Waals surface area contributed by atoms with Crippen LogP contribution in [0.2, 0.25) is 0 Å². The Bertz CT molecular complexity index is 334. The minimum Gasteiger partial charge on any atom is -0.288 e. The summed E-state index contributed by atoms with van der Waals surface area (Å²) >= 11 is 0. The van der Waals surface area contributed by atoms with Crippen molar-refractivity contribution in [2.24, 2.45) is 0 Å². The summed E-state index contributed by atoms with van der Waals surface area (Å²) in [5.74, 6) is 0. The van der Waals surface area contributed by atoms with Crippen LogP contribution >= 0.6 is 0 Å². The van der Waals surface area contributed by atoms with E-state index >= 15 is 0 Å². The van der Waals surface area contributed by atoms with Gasteiger partial charge in [0.25, 0.3) is 0 Å². The molecule has 88 valence electrons. The summed E-state index contributed by atoms with van der Waals surface area (Å²) in [5.41, 5.74) is 0.943. The van der Waals surface area contributed by atoms with Gasteiger partial charge in [-0.25, -0.2) is 0 Å². The van der Waals surface area contributed by atoms with E-state index in [2.05, 4.69) is 0 Å². The molecule has 1 aromatic rings. The van der Waals surface area contributed by atoms with Gasteiger partial charge in [0, 0.05) is 6.54 Å². The van der Waals surface area contributed by atoms with Crippen LogP contribution in [0.25, 0.3) is 0 Å². The fourth-order valence-electron chi connectivity index (χ4n) is 2.20. The molecule has 1 aliphatic heterocycles. The Labute approximate surface area is 92.9 Å². The van der Waals surface area contributed by atoms with Gasteiger partial charge in [-0.2, -0.15) is 13.2 Å². The van der Waals surface area contributed by atoms with E-state index in [-0.39, 0.29) is 6.42 Å². The molecule has 0 aliphatic carbocycles. The summed E-state index contributed by atoms with van der Waals surface area (Å²) in [7, 11) is 0. The van der Waals surface area contributed by atoms with Crippen LogP contribution in [0.4, 0.5) is 13.2 Å². The molecule has 1 heterocycles. The normalized spacial score (nSPS) is 22.6. The van der Waals surface area contributed by atoms with Gasteiger partial charge in [-0.1, -0.05) is 30.3 Å². The molecule has 1 fully saturated rings. The summed E-state index contributed by atoms with van der Waals surface area (Å²) in [4.78, 5) is 1.52. The van der Waals surface area contributed by atoms with E-state index in [1.54, 1.807) is 0 Å². The number of hydrogen-bond acceptors (Lipinski definition) is 1. The molecule has 16 heavy (non-hydrogen) atoms. The minimum atomic E-state index is -4.09. The van der Waals surface area contributed by atoms with Crippen molar-refractivity contribution in [1.82, 2.24) is 4.90 Å². The third-order valence-electron chi connectivity index (χ3n) is 2.97. The number of halogens is 3. The maximum atomic E-state index is 12.7. The van der Waals surface area contributed by atoms with Crippen molar-refractivity contribution in [1.29, 1.82) is 0 Å². The molecule has 1 nitrogen and oxygen atoms in total. The Kier molecular flexibility index (Phi) is 3.19. The lowest BCUT2D eigenvalue weighted by Crippen LogP contribution is -2.40. The van der Waals surface area contributed by atoms with Gasteiger partial charge in [0.1, 0.15) is 6.04 Å². The van der Waals surface area contributed by atoms with E-state index in [0.29, 0.717) is 19.5 Å². The fraction of sp³-hybridized carbons (Fsp3) is 0.500. The average molecular weight is 229 g/mol. The van der Waals surface area contributed by atoms with Gasteiger partial charge in [-0.15, -0.1) is 0 Å². The number of alkyl halides is 3. The van der Waals surface area contributed by atoms with Crippen LogP contribution in [0.1, 0.15) is 18.4 Å². The van der Waals surface area contributed by atoms with Gasteiger partial charge in [-0.05, 0) is 24.9 Å². The largest absolute Gasteiger partial charge is 0.404 e. The Morgan fingerprint density at radius 3 is 2.50 bits per heavy atom. The van der Waals surface area contributed by atoms with Crippen LogP contribution in [0.5, 0.6) is 0 Å². The summed E-state index contributed by atoms with van der Waals surface area (Å²) in [5, 5.41) is 0. The zero-order chi connectivity index (χ0) is 11.6. The second kappa shape index (κ2) is 4.45. The minimum absolute atomic E-state index is 0.232. The summed E-state index contributed by atoms with van der Waals surface area (Å²) < 4.78 is 38.0. The quantitative estimate of drug-likeness (QED) is 0.752. The van der Waals surface area contributed by atoms with Crippen molar-refractivity contribution < 1.29 is 13.2 Å². The molecule has 0 aromatic heterocycles. The molecule has 2 rings (SSSR count). The third-order valence-corrected chi connectivity index (χ3v) is 2.97. The third kappa shape index (κ3) is 2.55. The van der Waals surface area contributed by atoms with Crippen molar-refractivity contribution >= 4 is 0 Å². The standard InChI is InChI=1S/C12H14F3N/c13-12(14,15)11-7-4-8-16(11)9-10-5-2-1-3-6-10/h1-3,5-6,11H,4,7-9H2. The molecule has 0 radical (unpaired) electrons. The maximum Gasteiger partial charge on any atom is 0.404 e. The van der Waals surface area contributed by atoms with Gasteiger partial charge in [0.2, 0.25) is 0 Å².